The highest BCUT2D eigenvalue weighted by atomic mass is 16.2. The maximum atomic E-state index is 13.4. The van der Waals surface area contributed by atoms with E-state index >= 15 is 0 Å². The Kier molecular flexibility index (Phi) is 6.15. The number of barbiturate groups is 1. The number of carbonyl (C=O) groups excluding carboxylic acids is 4. The maximum absolute atomic E-state index is 13.4. The minimum absolute atomic E-state index is 0.0336. The molecule has 5 rings (SSSR count). The lowest BCUT2D eigenvalue weighted by atomic mass is 10.0. The van der Waals surface area contributed by atoms with Crippen LogP contribution >= 0.6 is 0 Å². The number of anilines is 2. The van der Waals surface area contributed by atoms with Crippen LogP contribution in [0.2, 0.25) is 0 Å². The van der Waals surface area contributed by atoms with E-state index in [9.17, 15) is 19.2 Å². The number of para-hydroxylation sites is 2. The quantitative estimate of drug-likeness (QED) is 0.315. The maximum Gasteiger partial charge on any atom is 0.335 e. The van der Waals surface area contributed by atoms with E-state index in [-0.39, 0.29) is 18.0 Å². The van der Waals surface area contributed by atoms with E-state index in [0.717, 1.165) is 26.9 Å². The van der Waals surface area contributed by atoms with Crippen LogP contribution in [0.4, 0.5) is 16.2 Å². The zero-order valence-electron chi connectivity index (χ0n) is 20.3. The number of hydrogen-bond donors (Lipinski definition) is 2. The predicted molar refractivity (Wildman–Crippen MR) is 142 cm³/mol. The second kappa shape index (κ2) is 9.58. The number of rotatable bonds is 5. The summed E-state index contributed by atoms with van der Waals surface area (Å²) in [7, 11) is 0. The number of amides is 5. The van der Waals surface area contributed by atoms with Gasteiger partial charge in [-0.3, -0.25) is 19.7 Å². The summed E-state index contributed by atoms with van der Waals surface area (Å²) >= 11 is 0. The smallest absolute Gasteiger partial charge is 0.335 e. The summed E-state index contributed by atoms with van der Waals surface area (Å²) in [5.74, 6) is -1.70. The topological polar surface area (TPSA) is 101 Å². The molecular weight excluding hydrogens is 468 g/mol. The van der Waals surface area contributed by atoms with Gasteiger partial charge < -0.3 is 9.88 Å². The van der Waals surface area contributed by atoms with Crippen molar-refractivity contribution >= 4 is 52.1 Å². The molecule has 1 aliphatic rings. The van der Waals surface area contributed by atoms with E-state index in [1.165, 1.54) is 6.08 Å². The molecule has 2 heterocycles. The molecule has 1 aromatic heterocycles. The monoisotopic (exact) mass is 492 g/mol. The number of carbonyl (C=O) groups is 4. The lowest BCUT2D eigenvalue weighted by Gasteiger charge is -2.26. The first kappa shape index (κ1) is 23.7. The molecule has 0 unspecified atom stereocenters. The molecule has 0 saturated carbocycles. The van der Waals surface area contributed by atoms with Crippen molar-refractivity contribution in [3.63, 3.8) is 0 Å². The molecule has 1 saturated heterocycles. The molecule has 4 aromatic rings. The summed E-state index contributed by atoms with van der Waals surface area (Å²) in [5, 5.41) is 5.89. The Bertz CT molecular complexity index is 1580. The molecule has 8 nitrogen and oxygen atoms in total. The molecule has 37 heavy (non-hydrogen) atoms. The van der Waals surface area contributed by atoms with Crippen molar-refractivity contribution < 1.29 is 19.2 Å². The Morgan fingerprint density at radius 3 is 2.32 bits per heavy atom. The highest BCUT2D eigenvalue weighted by Gasteiger charge is 2.37. The van der Waals surface area contributed by atoms with Gasteiger partial charge in [0.1, 0.15) is 12.1 Å². The first-order valence-electron chi connectivity index (χ1n) is 11.7. The third-order valence-electron chi connectivity index (χ3n) is 6.06. The van der Waals surface area contributed by atoms with E-state index in [2.05, 4.69) is 10.6 Å². The Morgan fingerprint density at radius 2 is 1.59 bits per heavy atom. The molecule has 0 aliphatic carbocycles. The summed E-state index contributed by atoms with van der Waals surface area (Å²) in [6, 6.07) is 21.1. The van der Waals surface area contributed by atoms with Gasteiger partial charge in [0.2, 0.25) is 5.91 Å². The van der Waals surface area contributed by atoms with Gasteiger partial charge in [-0.15, -0.1) is 0 Å². The standard InChI is InChI=1S/C29H24N4O4/c1-18-12-19(2)14-22(13-18)33-28(36)24(27(35)31-29(33)37)15-20-16-32(25-11-7-6-10-23(20)25)17-26(34)30-21-8-4-3-5-9-21/h3-16H,17H2,1-2H3,(H,30,34)(H,31,35,37)/b24-15+. The molecule has 184 valence electrons. The molecule has 0 bridgehead atoms. The fourth-order valence-electron chi connectivity index (χ4n) is 4.52. The fraction of sp³-hybridized carbons (Fsp3) is 0.103. The lowest BCUT2D eigenvalue weighted by molar-refractivity contribution is -0.122. The number of aromatic nitrogens is 1. The second-order valence-corrected chi connectivity index (χ2v) is 8.95. The van der Waals surface area contributed by atoms with Crippen LogP contribution in [0.5, 0.6) is 0 Å². The third-order valence-corrected chi connectivity index (χ3v) is 6.06. The number of nitrogens with one attached hydrogen (secondary N) is 2. The van der Waals surface area contributed by atoms with E-state index < -0.39 is 17.8 Å². The number of benzene rings is 3. The SMILES string of the molecule is Cc1cc(C)cc(N2C(=O)NC(=O)/C(=C\c3cn(CC(=O)Nc4ccccc4)c4ccccc34)C2=O)c1. The molecule has 5 amide bonds. The Hall–Kier alpha value is -4.98. The summed E-state index contributed by atoms with van der Waals surface area (Å²) in [4.78, 5) is 52.4. The number of nitrogens with zero attached hydrogens (tertiary/aromatic N) is 2. The van der Waals surface area contributed by atoms with Crippen LogP contribution in [-0.2, 0) is 20.9 Å². The van der Waals surface area contributed by atoms with Crippen LogP contribution in [0.25, 0.3) is 17.0 Å². The second-order valence-electron chi connectivity index (χ2n) is 8.95. The van der Waals surface area contributed by atoms with Gasteiger partial charge in [-0.05, 0) is 61.4 Å². The van der Waals surface area contributed by atoms with Crippen molar-refractivity contribution in [2.45, 2.75) is 20.4 Å². The summed E-state index contributed by atoms with van der Waals surface area (Å²) in [6.45, 7) is 3.77. The van der Waals surface area contributed by atoms with Crippen molar-refractivity contribution in [3.8, 4) is 0 Å². The molecule has 1 aliphatic heterocycles. The van der Waals surface area contributed by atoms with Crippen molar-refractivity contribution in [3.05, 3.63) is 101 Å². The van der Waals surface area contributed by atoms with Crippen LogP contribution in [0, 0.1) is 13.8 Å². The number of urea groups is 1. The molecule has 0 radical (unpaired) electrons. The normalized spacial score (nSPS) is 14.8. The van der Waals surface area contributed by atoms with Crippen LogP contribution in [0.1, 0.15) is 16.7 Å². The van der Waals surface area contributed by atoms with Gasteiger partial charge in [0.25, 0.3) is 11.8 Å². The molecule has 0 atom stereocenters. The predicted octanol–water partition coefficient (Wildman–Crippen LogP) is 4.56. The van der Waals surface area contributed by atoms with Gasteiger partial charge in [0.05, 0.1) is 5.69 Å². The Labute approximate surface area is 213 Å². The van der Waals surface area contributed by atoms with E-state index in [4.69, 9.17) is 0 Å². The average molecular weight is 493 g/mol. The number of fused-ring (bicyclic) bond motifs is 1. The Morgan fingerprint density at radius 1 is 0.919 bits per heavy atom. The molecule has 1 fully saturated rings. The number of hydrogen-bond acceptors (Lipinski definition) is 4. The summed E-state index contributed by atoms with van der Waals surface area (Å²) in [5.41, 5.74) is 4.02. The van der Waals surface area contributed by atoms with Crippen LogP contribution in [-0.4, -0.2) is 28.3 Å². The van der Waals surface area contributed by atoms with Gasteiger partial charge in [0, 0.05) is 28.4 Å². The molecular formula is C29H24N4O4. The zero-order chi connectivity index (χ0) is 26.1. The first-order valence-corrected chi connectivity index (χ1v) is 11.7. The molecule has 3 aromatic carbocycles. The number of aryl methyl sites for hydroxylation is 2. The molecule has 8 heteroatoms. The first-order chi connectivity index (χ1) is 17.8. The van der Waals surface area contributed by atoms with E-state index in [1.54, 1.807) is 35.0 Å². The van der Waals surface area contributed by atoms with Crippen molar-refractivity contribution in [1.82, 2.24) is 9.88 Å². The van der Waals surface area contributed by atoms with Crippen LogP contribution in [0.15, 0.2) is 84.6 Å². The highest BCUT2D eigenvalue weighted by Crippen LogP contribution is 2.27. The van der Waals surface area contributed by atoms with Gasteiger partial charge in [0.15, 0.2) is 0 Å². The largest absolute Gasteiger partial charge is 0.337 e. The summed E-state index contributed by atoms with van der Waals surface area (Å²) < 4.78 is 1.76. The summed E-state index contributed by atoms with van der Waals surface area (Å²) in [6.07, 6.45) is 3.19. The van der Waals surface area contributed by atoms with Gasteiger partial charge in [-0.1, -0.05) is 42.5 Å². The van der Waals surface area contributed by atoms with Crippen LogP contribution in [0.3, 0.4) is 0 Å². The van der Waals surface area contributed by atoms with Crippen molar-refractivity contribution in [1.29, 1.82) is 0 Å². The van der Waals surface area contributed by atoms with Crippen molar-refractivity contribution in [2.24, 2.45) is 0 Å². The van der Waals surface area contributed by atoms with Gasteiger partial charge in [-0.25, -0.2) is 9.69 Å². The minimum Gasteiger partial charge on any atom is -0.337 e. The third kappa shape index (κ3) is 4.77. The lowest BCUT2D eigenvalue weighted by Crippen LogP contribution is -2.54. The molecule has 0 spiro atoms. The Balaban J connectivity index is 1.50. The molecule has 2 N–H and O–H groups in total. The zero-order valence-corrected chi connectivity index (χ0v) is 20.3. The fourth-order valence-corrected chi connectivity index (χ4v) is 4.52. The van der Waals surface area contributed by atoms with Crippen LogP contribution < -0.4 is 15.5 Å². The van der Waals surface area contributed by atoms with Gasteiger partial charge >= 0.3 is 6.03 Å². The van der Waals surface area contributed by atoms with Gasteiger partial charge in [-0.2, -0.15) is 0 Å². The highest BCUT2D eigenvalue weighted by molar-refractivity contribution is 6.39. The van der Waals surface area contributed by atoms with Crippen molar-refractivity contribution in [2.75, 3.05) is 10.2 Å². The van der Waals surface area contributed by atoms with E-state index in [0.29, 0.717) is 16.9 Å². The minimum atomic E-state index is -0.794. The number of imide groups is 2. The average Bonchev–Trinajstić information content (AvgIpc) is 3.18. The van der Waals surface area contributed by atoms with E-state index in [1.807, 2.05) is 62.4 Å².